The molecule has 0 aliphatic heterocycles. The molecular formula is C19H39KO4S. The maximum absolute atomic E-state index is 11.4. The number of unbranched alkanes of at least 4 members (excludes halogenated alkanes) is 12. The van der Waals surface area contributed by atoms with Gasteiger partial charge in [0.2, 0.25) is 0 Å². The SMILES string of the molecule is CCCCCCCCCC(CCCCCCCCCO)S(=O)(=O)[O-].[K+]. The van der Waals surface area contributed by atoms with E-state index in [1.807, 2.05) is 0 Å². The van der Waals surface area contributed by atoms with Crippen LogP contribution in [-0.4, -0.2) is 29.9 Å². The number of hydrogen-bond acceptors (Lipinski definition) is 4. The van der Waals surface area contributed by atoms with E-state index in [1.54, 1.807) is 0 Å². The molecule has 146 valence electrons. The smallest absolute Gasteiger partial charge is 0.748 e. The summed E-state index contributed by atoms with van der Waals surface area (Å²) in [6, 6.07) is 0. The number of hydrogen-bond donors (Lipinski definition) is 1. The van der Waals surface area contributed by atoms with E-state index in [4.69, 9.17) is 5.11 Å². The van der Waals surface area contributed by atoms with E-state index in [0.717, 1.165) is 64.2 Å². The van der Waals surface area contributed by atoms with Gasteiger partial charge in [-0.2, -0.15) is 0 Å². The van der Waals surface area contributed by atoms with Crippen molar-refractivity contribution in [2.75, 3.05) is 6.61 Å². The summed E-state index contributed by atoms with van der Waals surface area (Å²) in [6.45, 7) is 2.46. The number of rotatable bonds is 18. The van der Waals surface area contributed by atoms with Crippen molar-refractivity contribution in [1.82, 2.24) is 0 Å². The molecule has 0 aliphatic carbocycles. The monoisotopic (exact) mass is 402 g/mol. The van der Waals surface area contributed by atoms with Crippen LogP contribution in [0.2, 0.25) is 0 Å². The maximum Gasteiger partial charge on any atom is 1.00 e. The normalized spacial score (nSPS) is 12.8. The molecule has 0 saturated heterocycles. The van der Waals surface area contributed by atoms with Crippen LogP contribution < -0.4 is 51.4 Å². The molecule has 25 heavy (non-hydrogen) atoms. The molecule has 0 aliphatic rings. The minimum atomic E-state index is -4.15. The Morgan fingerprint density at radius 2 is 1.08 bits per heavy atom. The molecule has 6 heteroatoms. The first kappa shape index (κ1) is 28.7. The van der Waals surface area contributed by atoms with Gasteiger partial charge >= 0.3 is 51.4 Å². The van der Waals surface area contributed by atoms with Crippen LogP contribution in [0.4, 0.5) is 0 Å². The molecule has 1 atom stereocenters. The molecule has 0 aromatic heterocycles. The molecule has 0 rings (SSSR count). The van der Waals surface area contributed by atoms with Crippen molar-refractivity contribution in [1.29, 1.82) is 0 Å². The second-order valence-corrected chi connectivity index (χ2v) is 8.66. The van der Waals surface area contributed by atoms with Crippen molar-refractivity contribution < 1.29 is 69.5 Å². The average Bonchev–Trinajstić information content (AvgIpc) is 2.53. The predicted octanol–water partition coefficient (Wildman–Crippen LogP) is 2.16. The van der Waals surface area contributed by atoms with Gasteiger partial charge in [-0.1, -0.05) is 90.4 Å². The van der Waals surface area contributed by atoms with Gasteiger partial charge in [0.15, 0.2) is 0 Å². The summed E-state index contributed by atoms with van der Waals surface area (Å²) >= 11 is 0. The van der Waals surface area contributed by atoms with Gasteiger partial charge in [0, 0.05) is 11.9 Å². The van der Waals surface area contributed by atoms with E-state index in [1.165, 1.54) is 25.7 Å². The second kappa shape index (κ2) is 20.2. The molecule has 0 spiro atoms. The first-order valence-electron chi connectivity index (χ1n) is 10.1. The molecule has 0 aromatic carbocycles. The zero-order valence-electron chi connectivity index (χ0n) is 16.7. The molecule has 0 aromatic rings. The molecule has 4 nitrogen and oxygen atoms in total. The van der Waals surface area contributed by atoms with E-state index >= 15 is 0 Å². The zero-order valence-corrected chi connectivity index (χ0v) is 20.6. The molecule has 1 N–H and O–H groups in total. The summed E-state index contributed by atoms with van der Waals surface area (Å²) in [5.74, 6) is 0. The number of aliphatic hydroxyl groups is 1. The van der Waals surface area contributed by atoms with Gasteiger partial charge in [-0.25, -0.2) is 8.42 Å². The third-order valence-corrected chi connectivity index (χ3v) is 6.01. The van der Waals surface area contributed by atoms with E-state index in [2.05, 4.69) is 6.92 Å². The van der Waals surface area contributed by atoms with E-state index in [9.17, 15) is 13.0 Å². The second-order valence-electron chi connectivity index (χ2n) is 7.01. The van der Waals surface area contributed by atoms with Gasteiger partial charge in [-0.05, 0) is 19.3 Å². The predicted molar refractivity (Wildman–Crippen MR) is 100 cm³/mol. The largest absolute Gasteiger partial charge is 1.00 e. The number of aliphatic hydroxyl groups excluding tert-OH is 1. The topological polar surface area (TPSA) is 77.4 Å². The first-order chi connectivity index (χ1) is 11.5. The van der Waals surface area contributed by atoms with Crippen LogP contribution >= 0.6 is 0 Å². The fourth-order valence-electron chi connectivity index (χ4n) is 3.13. The van der Waals surface area contributed by atoms with Gasteiger partial charge in [-0.3, -0.25) is 0 Å². The third kappa shape index (κ3) is 20.1. The van der Waals surface area contributed by atoms with Crippen LogP contribution in [-0.2, 0) is 10.1 Å². The van der Waals surface area contributed by atoms with Crippen LogP contribution in [0, 0.1) is 0 Å². The summed E-state index contributed by atoms with van der Waals surface area (Å²) in [5.41, 5.74) is 0. The Labute approximate surface area is 199 Å². The Morgan fingerprint density at radius 1 is 0.720 bits per heavy atom. The quantitative estimate of drug-likeness (QED) is 0.216. The van der Waals surface area contributed by atoms with Crippen molar-refractivity contribution in [3.8, 4) is 0 Å². The minimum absolute atomic E-state index is 0. The Morgan fingerprint density at radius 3 is 1.44 bits per heavy atom. The Hall–Kier alpha value is 1.51. The molecule has 0 amide bonds. The summed E-state index contributed by atoms with van der Waals surface area (Å²) < 4.78 is 34.2. The standard InChI is InChI=1S/C19H40O4S.K/c1-2-3-4-5-7-10-13-16-19(24(21,22)23)17-14-11-8-6-9-12-15-18-20;/h19-20H,2-18H2,1H3,(H,21,22,23);/q;+1/p-1. The van der Waals surface area contributed by atoms with Crippen LogP contribution in [0.15, 0.2) is 0 Å². The Balaban J connectivity index is 0. The van der Waals surface area contributed by atoms with Gasteiger partial charge in [0.05, 0.1) is 10.1 Å². The fourth-order valence-corrected chi connectivity index (χ4v) is 4.04. The Kier molecular flexibility index (Phi) is 23.3. The molecule has 0 bridgehead atoms. The third-order valence-electron chi connectivity index (χ3n) is 4.72. The summed E-state index contributed by atoms with van der Waals surface area (Å²) in [7, 11) is -4.15. The summed E-state index contributed by atoms with van der Waals surface area (Å²) in [5, 5.41) is 8.02. The van der Waals surface area contributed by atoms with Crippen LogP contribution in [0.25, 0.3) is 0 Å². The molecular weight excluding hydrogens is 363 g/mol. The maximum atomic E-state index is 11.4. The van der Waals surface area contributed by atoms with E-state index < -0.39 is 15.4 Å². The molecule has 1 unspecified atom stereocenters. The van der Waals surface area contributed by atoms with Gasteiger partial charge < -0.3 is 9.66 Å². The molecule has 0 radical (unpaired) electrons. The van der Waals surface area contributed by atoms with Gasteiger partial charge in [-0.15, -0.1) is 0 Å². The van der Waals surface area contributed by atoms with Gasteiger partial charge in [0.1, 0.15) is 0 Å². The molecule has 0 fully saturated rings. The first-order valence-corrected chi connectivity index (χ1v) is 11.5. The van der Waals surface area contributed by atoms with Crippen molar-refractivity contribution in [3.63, 3.8) is 0 Å². The van der Waals surface area contributed by atoms with Crippen molar-refractivity contribution in [3.05, 3.63) is 0 Å². The average molecular weight is 403 g/mol. The van der Waals surface area contributed by atoms with Gasteiger partial charge in [0.25, 0.3) is 0 Å². The fraction of sp³-hybridized carbons (Fsp3) is 1.00. The van der Waals surface area contributed by atoms with Crippen LogP contribution in [0.3, 0.4) is 0 Å². The van der Waals surface area contributed by atoms with Crippen molar-refractivity contribution in [2.24, 2.45) is 0 Å². The zero-order chi connectivity index (χ0) is 18.1. The molecule has 0 saturated carbocycles. The van der Waals surface area contributed by atoms with E-state index in [-0.39, 0.29) is 58.0 Å². The van der Waals surface area contributed by atoms with Crippen LogP contribution in [0.5, 0.6) is 0 Å². The van der Waals surface area contributed by atoms with Crippen molar-refractivity contribution >= 4 is 10.1 Å². The summed E-state index contributed by atoms with van der Waals surface area (Å²) in [4.78, 5) is 0. The summed E-state index contributed by atoms with van der Waals surface area (Å²) in [6.07, 6.45) is 16.2. The minimum Gasteiger partial charge on any atom is -0.748 e. The Bertz CT molecular complexity index is 360. The van der Waals surface area contributed by atoms with E-state index in [0.29, 0.717) is 12.8 Å². The van der Waals surface area contributed by atoms with Crippen LogP contribution in [0.1, 0.15) is 110 Å². The van der Waals surface area contributed by atoms with Crippen molar-refractivity contribution in [2.45, 2.75) is 115 Å². The molecule has 0 heterocycles.